The quantitative estimate of drug-likeness (QED) is 0.412. The van der Waals surface area contributed by atoms with E-state index >= 15 is 0 Å². The van der Waals surface area contributed by atoms with Crippen molar-refractivity contribution in [3.63, 3.8) is 0 Å². The minimum absolute atomic E-state index is 0.00611. The number of aromatic nitrogens is 2. The minimum Gasteiger partial charge on any atom is -0.384 e. The van der Waals surface area contributed by atoms with Crippen LogP contribution in [0.15, 0.2) is 75.5 Å². The second kappa shape index (κ2) is 11.1. The molecule has 2 heterocycles. The second-order valence-corrected chi connectivity index (χ2v) is 11.3. The molecule has 0 spiro atoms. The smallest absolute Gasteiger partial charge is 0.234 e. The third-order valence-electron chi connectivity index (χ3n) is 6.50. The molecule has 0 radical (unpaired) electrons. The van der Waals surface area contributed by atoms with E-state index in [-0.39, 0.29) is 23.3 Å². The van der Waals surface area contributed by atoms with Gasteiger partial charge < -0.3 is 11.1 Å². The molecule has 1 atom stereocenters. The van der Waals surface area contributed by atoms with E-state index in [0.717, 1.165) is 16.8 Å². The average Bonchev–Trinajstić information content (AvgIpc) is 3.40. The van der Waals surface area contributed by atoms with Gasteiger partial charge in [0.1, 0.15) is 5.82 Å². The number of Topliss-reactive ketones (excluding diaryl/α,β-unsaturated/α-hetero) is 1. The van der Waals surface area contributed by atoms with Crippen LogP contribution in [0.2, 0.25) is 0 Å². The number of carbonyl (C=O) groups excluding carboxylic acids is 2. The first-order chi connectivity index (χ1) is 18.9. The molecule has 3 aromatic rings. The molecule has 0 saturated carbocycles. The number of benzene rings is 2. The Kier molecular flexibility index (Phi) is 7.46. The number of rotatable bonds is 6. The van der Waals surface area contributed by atoms with E-state index in [2.05, 4.69) is 21.6 Å². The molecular weight excluding hydrogens is 530 g/mol. The summed E-state index contributed by atoms with van der Waals surface area (Å²) in [5.41, 5.74) is 11.3. The van der Waals surface area contributed by atoms with Crippen LogP contribution in [0, 0.1) is 29.6 Å². The van der Waals surface area contributed by atoms with Crippen molar-refractivity contribution in [1.82, 2.24) is 10.2 Å². The third kappa shape index (κ3) is 5.28. The number of nitrogens with zero attached hydrogens (tertiary/aromatic N) is 5. The van der Waals surface area contributed by atoms with Gasteiger partial charge >= 0.3 is 0 Å². The predicted octanol–water partition coefficient (Wildman–Crippen LogP) is 4.75. The van der Waals surface area contributed by atoms with Gasteiger partial charge in [-0.2, -0.15) is 10.5 Å². The molecule has 194 valence electrons. The minimum atomic E-state index is -0.526. The Balaban J connectivity index is 1.40. The zero-order chi connectivity index (χ0) is 27.5. The lowest BCUT2D eigenvalue weighted by Crippen LogP contribution is -2.38. The number of allylic oxidation sites excluding steroid dienone is 3. The van der Waals surface area contributed by atoms with Gasteiger partial charge in [-0.3, -0.25) is 14.5 Å². The molecule has 0 saturated heterocycles. The predicted molar refractivity (Wildman–Crippen MR) is 150 cm³/mol. The van der Waals surface area contributed by atoms with Crippen LogP contribution in [0.5, 0.6) is 0 Å². The van der Waals surface area contributed by atoms with Crippen LogP contribution in [0.25, 0.3) is 0 Å². The Hall–Kier alpha value is -4.45. The molecule has 1 unspecified atom stereocenters. The SMILES string of the molecule is Cc1cccc(C2C(C#N)=C(N)N(c3nnc(SCC(=O)Nc4ccc(C#N)cc4)s3)C3=C2C(=O)CCC3)c1. The highest BCUT2D eigenvalue weighted by Crippen LogP contribution is 2.47. The number of amides is 1. The summed E-state index contributed by atoms with van der Waals surface area (Å²) >= 11 is 2.47. The van der Waals surface area contributed by atoms with E-state index in [0.29, 0.717) is 51.1 Å². The number of thioether (sulfide) groups is 1. The number of nitrogens with one attached hydrogen (secondary N) is 1. The van der Waals surface area contributed by atoms with Gasteiger partial charge in [-0.25, -0.2) is 0 Å². The summed E-state index contributed by atoms with van der Waals surface area (Å²) in [6.07, 6.45) is 1.72. The van der Waals surface area contributed by atoms with E-state index in [9.17, 15) is 14.9 Å². The number of aryl methyl sites for hydroxylation is 1. The molecule has 9 nitrogen and oxygen atoms in total. The maximum Gasteiger partial charge on any atom is 0.234 e. The van der Waals surface area contributed by atoms with Crippen molar-refractivity contribution in [3.8, 4) is 12.1 Å². The van der Waals surface area contributed by atoms with Crippen LogP contribution in [-0.2, 0) is 9.59 Å². The Morgan fingerprint density at radius 1 is 1.18 bits per heavy atom. The molecule has 2 aliphatic rings. The largest absolute Gasteiger partial charge is 0.384 e. The zero-order valence-corrected chi connectivity index (χ0v) is 22.6. The fourth-order valence-corrected chi connectivity index (χ4v) is 6.47. The monoisotopic (exact) mass is 553 g/mol. The molecular formula is C28H23N7O2S2. The van der Waals surface area contributed by atoms with E-state index in [1.165, 1.54) is 23.1 Å². The van der Waals surface area contributed by atoms with Crippen LogP contribution in [-0.4, -0.2) is 27.6 Å². The summed E-state index contributed by atoms with van der Waals surface area (Å²) in [6, 6.07) is 18.7. The maximum atomic E-state index is 13.3. The van der Waals surface area contributed by atoms with Gasteiger partial charge in [-0.15, -0.1) is 10.2 Å². The lowest BCUT2D eigenvalue weighted by Gasteiger charge is -2.38. The van der Waals surface area contributed by atoms with Gasteiger partial charge in [-0.1, -0.05) is 52.9 Å². The molecule has 1 aromatic heterocycles. The van der Waals surface area contributed by atoms with Gasteiger partial charge in [0.25, 0.3) is 0 Å². The van der Waals surface area contributed by atoms with Gasteiger partial charge in [-0.05, 0) is 49.6 Å². The molecule has 0 bridgehead atoms. The van der Waals surface area contributed by atoms with Crippen molar-refractivity contribution in [1.29, 1.82) is 10.5 Å². The lowest BCUT2D eigenvalue weighted by molar-refractivity contribution is -0.116. The van der Waals surface area contributed by atoms with Crippen LogP contribution in [0.1, 0.15) is 41.9 Å². The van der Waals surface area contributed by atoms with Gasteiger partial charge in [0, 0.05) is 23.4 Å². The van der Waals surface area contributed by atoms with Crippen molar-refractivity contribution in [2.75, 3.05) is 16.0 Å². The molecule has 1 aliphatic carbocycles. The summed E-state index contributed by atoms with van der Waals surface area (Å²) in [7, 11) is 0. The second-order valence-electron chi connectivity index (χ2n) is 9.11. The molecule has 3 N–H and O–H groups in total. The number of hydrogen-bond acceptors (Lipinski definition) is 10. The summed E-state index contributed by atoms with van der Waals surface area (Å²) in [4.78, 5) is 27.4. The number of nitriles is 2. The van der Waals surface area contributed by atoms with E-state index in [4.69, 9.17) is 11.0 Å². The van der Waals surface area contributed by atoms with Crippen LogP contribution < -0.4 is 16.0 Å². The van der Waals surface area contributed by atoms with Crippen LogP contribution in [0.4, 0.5) is 10.8 Å². The van der Waals surface area contributed by atoms with Gasteiger partial charge in [0.05, 0.1) is 34.9 Å². The first-order valence-corrected chi connectivity index (χ1v) is 14.0. The fourth-order valence-electron chi connectivity index (χ4n) is 4.79. The Morgan fingerprint density at radius 3 is 2.69 bits per heavy atom. The first-order valence-electron chi connectivity index (χ1n) is 12.2. The van der Waals surface area contributed by atoms with E-state index in [1.807, 2.05) is 37.3 Å². The zero-order valence-electron chi connectivity index (χ0n) is 21.0. The summed E-state index contributed by atoms with van der Waals surface area (Å²) in [6.45, 7) is 1.97. The van der Waals surface area contributed by atoms with Crippen LogP contribution >= 0.6 is 23.1 Å². The fraction of sp³-hybridized carbons (Fsp3) is 0.214. The Labute approximate surface area is 233 Å². The Bertz CT molecular complexity index is 1610. The Morgan fingerprint density at radius 2 is 1.97 bits per heavy atom. The molecule has 0 fully saturated rings. The normalized spacial score (nSPS) is 16.9. The molecule has 39 heavy (non-hydrogen) atoms. The number of anilines is 2. The van der Waals surface area contributed by atoms with Gasteiger partial charge in [0.2, 0.25) is 11.0 Å². The topological polar surface area (TPSA) is 149 Å². The van der Waals surface area contributed by atoms with Crippen molar-refractivity contribution in [2.24, 2.45) is 5.73 Å². The average molecular weight is 554 g/mol. The van der Waals surface area contributed by atoms with Crippen molar-refractivity contribution in [2.45, 2.75) is 36.4 Å². The molecule has 2 aromatic carbocycles. The first kappa shape index (κ1) is 26.2. The molecule has 1 aliphatic heterocycles. The summed E-state index contributed by atoms with van der Waals surface area (Å²) in [5, 5.41) is 30.8. The highest BCUT2D eigenvalue weighted by molar-refractivity contribution is 8.01. The number of nitrogens with two attached hydrogens (primary N) is 1. The van der Waals surface area contributed by atoms with E-state index < -0.39 is 5.92 Å². The molecule has 1 amide bonds. The maximum absolute atomic E-state index is 13.3. The highest BCUT2D eigenvalue weighted by Gasteiger charge is 2.41. The van der Waals surface area contributed by atoms with E-state index in [1.54, 1.807) is 29.2 Å². The number of ketones is 1. The summed E-state index contributed by atoms with van der Waals surface area (Å²) in [5.74, 6) is -0.405. The number of hydrogen-bond donors (Lipinski definition) is 2. The van der Waals surface area contributed by atoms with Gasteiger partial charge in [0.15, 0.2) is 10.1 Å². The van der Waals surface area contributed by atoms with Crippen molar-refractivity contribution in [3.05, 3.63) is 87.9 Å². The van der Waals surface area contributed by atoms with Crippen molar-refractivity contribution >= 4 is 45.6 Å². The standard InChI is InChI=1S/C28H23N7O2S2/c1-16-4-2-5-18(12-16)24-20(14-30)26(31)35(21-6-3-7-22(36)25(21)24)27-33-34-28(39-27)38-15-23(37)32-19-10-8-17(13-29)9-11-19/h2,4-5,8-12,24H,3,6-7,15,31H2,1H3,(H,32,37). The van der Waals surface area contributed by atoms with Crippen LogP contribution in [0.3, 0.4) is 0 Å². The lowest BCUT2D eigenvalue weighted by atomic mass is 9.75. The highest BCUT2D eigenvalue weighted by atomic mass is 32.2. The van der Waals surface area contributed by atoms with Crippen molar-refractivity contribution < 1.29 is 9.59 Å². The summed E-state index contributed by atoms with van der Waals surface area (Å²) < 4.78 is 0.552. The molecule has 5 rings (SSSR count). The number of carbonyl (C=O) groups is 2. The molecule has 11 heteroatoms. The third-order valence-corrected chi connectivity index (χ3v) is 8.54.